The first-order chi connectivity index (χ1) is 16.9. The minimum absolute atomic E-state index is 0.0158. The lowest BCUT2D eigenvalue weighted by molar-refractivity contribution is -0.136. The summed E-state index contributed by atoms with van der Waals surface area (Å²) in [6.45, 7) is 1.87. The number of ether oxygens (including phenoxy) is 1. The molecule has 4 aromatic rings. The molecule has 0 fully saturated rings. The van der Waals surface area contributed by atoms with E-state index in [1.54, 1.807) is 37.3 Å². The van der Waals surface area contributed by atoms with Crippen LogP contribution in [-0.4, -0.2) is 34.0 Å². The van der Waals surface area contributed by atoms with Crippen molar-refractivity contribution in [2.75, 3.05) is 11.9 Å². The Bertz CT molecular complexity index is 1330. The number of amides is 1. The molecule has 1 heterocycles. The lowest BCUT2D eigenvalue weighted by atomic mass is 10.0. The zero-order chi connectivity index (χ0) is 24.8. The molecule has 0 unspecified atom stereocenters. The van der Waals surface area contributed by atoms with Gasteiger partial charge in [-0.05, 0) is 41.3 Å². The Kier molecular flexibility index (Phi) is 7.11. The summed E-state index contributed by atoms with van der Waals surface area (Å²) >= 11 is 0. The van der Waals surface area contributed by atoms with Crippen LogP contribution < -0.4 is 5.32 Å². The molecule has 0 aliphatic heterocycles. The number of aromatic hydroxyl groups is 1. The van der Waals surface area contributed by atoms with Crippen molar-refractivity contribution in [2.45, 2.75) is 19.8 Å². The maximum Gasteiger partial charge on any atom is 0.411 e. The van der Waals surface area contributed by atoms with Crippen LogP contribution in [0.15, 0.2) is 77.3 Å². The van der Waals surface area contributed by atoms with Crippen molar-refractivity contribution in [2.24, 2.45) is 0 Å². The van der Waals surface area contributed by atoms with Gasteiger partial charge in [0, 0.05) is 12.0 Å². The van der Waals surface area contributed by atoms with Crippen LogP contribution in [-0.2, 0) is 22.4 Å². The van der Waals surface area contributed by atoms with Gasteiger partial charge in [0.05, 0.1) is 13.0 Å². The first kappa shape index (κ1) is 23.6. The highest BCUT2D eigenvalue weighted by atomic mass is 16.5. The van der Waals surface area contributed by atoms with Gasteiger partial charge in [-0.25, -0.2) is 4.79 Å². The number of carboxylic acids is 1. The molecular weight excluding hydrogens is 448 g/mol. The van der Waals surface area contributed by atoms with E-state index in [4.69, 9.17) is 14.4 Å². The smallest absolute Gasteiger partial charge is 0.411 e. The molecule has 8 heteroatoms. The number of anilines is 1. The van der Waals surface area contributed by atoms with E-state index in [0.29, 0.717) is 23.6 Å². The van der Waals surface area contributed by atoms with Crippen molar-refractivity contribution >= 4 is 17.7 Å². The molecule has 3 N–H and O–H groups in total. The van der Waals surface area contributed by atoms with Gasteiger partial charge >= 0.3 is 12.1 Å². The standard InChI is InChI=1S/C27H24N2O6/c1-17-25(28-27(33)34-14-13-18-3-2-4-23(30)15-18)26(35-29-17)22-11-9-21(10-12-22)20-7-5-19(6-8-20)16-24(31)32/h2-12,15,30H,13-14,16H2,1H3,(H,28,33)(H,31,32). The number of phenolic OH excluding ortho intramolecular Hbond substituents is 1. The Labute approximate surface area is 201 Å². The quantitative estimate of drug-likeness (QED) is 0.312. The van der Waals surface area contributed by atoms with Crippen molar-refractivity contribution in [3.8, 4) is 28.2 Å². The van der Waals surface area contributed by atoms with Crippen LogP contribution in [0.4, 0.5) is 10.5 Å². The number of nitrogens with one attached hydrogen (secondary N) is 1. The van der Waals surface area contributed by atoms with Crippen LogP contribution in [0.3, 0.4) is 0 Å². The summed E-state index contributed by atoms with van der Waals surface area (Å²) in [6.07, 6.45) is -0.176. The predicted octanol–water partition coefficient (Wildman–Crippen LogP) is 5.44. The molecule has 0 atom stereocenters. The zero-order valence-electron chi connectivity index (χ0n) is 19.0. The molecule has 178 valence electrons. The third-order valence-electron chi connectivity index (χ3n) is 5.41. The molecule has 3 aromatic carbocycles. The fourth-order valence-electron chi connectivity index (χ4n) is 3.63. The highest BCUT2D eigenvalue weighted by Gasteiger charge is 2.18. The Morgan fingerprint density at radius 1 is 0.943 bits per heavy atom. The molecule has 35 heavy (non-hydrogen) atoms. The van der Waals surface area contributed by atoms with Gasteiger partial charge in [-0.2, -0.15) is 0 Å². The maximum absolute atomic E-state index is 12.3. The van der Waals surface area contributed by atoms with E-state index < -0.39 is 12.1 Å². The van der Waals surface area contributed by atoms with Crippen molar-refractivity contribution in [1.29, 1.82) is 0 Å². The summed E-state index contributed by atoms with van der Waals surface area (Å²) in [4.78, 5) is 23.2. The number of carbonyl (C=O) groups excluding carboxylic acids is 1. The monoisotopic (exact) mass is 472 g/mol. The maximum atomic E-state index is 12.3. The first-order valence-electron chi connectivity index (χ1n) is 11.0. The number of nitrogens with zero attached hydrogens (tertiary/aromatic N) is 1. The van der Waals surface area contributed by atoms with E-state index in [0.717, 1.165) is 27.8 Å². The number of aromatic nitrogens is 1. The number of rotatable bonds is 8. The molecule has 0 bridgehead atoms. The lowest BCUT2D eigenvalue weighted by Crippen LogP contribution is -2.16. The minimum atomic E-state index is -0.866. The Balaban J connectivity index is 1.41. The van der Waals surface area contributed by atoms with Crippen LogP contribution in [0.2, 0.25) is 0 Å². The van der Waals surface area contributed by atoms with Crippen LogP contribution in [0, 0.1) is 6.92 Å². The number of phenols is 1. The number of aryl methyl sites for hydroxylation is 1. The summed E-state index contributed by atoms with van der Waals surface area (Å²) < 4.78 is 10.7. The minimum Gasteiger partial charge on any atom is -0.508 e. The number of carboxylic acid groups (broad SMARTS) is 1. The average molecular weight is 472 g/mol. The topological polar surface area (TPSA) is 122 Å². The van der Waals surface area contributed by atoms with Gasteiger partial charge in [-0.15, -0.1) is 0 Å². The van der Waals surface area contributed by atoms with E-state index in [-0.39, 0.29) is 18.8 Å². The molecule has 0 saturated carbocycles. The van der Waals surface area contributed by atoms with E-state index in [9.17, 15) is 14.7 Å². The molecule has 0 saturated heterocycles. The van der Waals surface area contributed by atoms with Crippen molar-refractivity contribution in [1.82, 2.24) is 5.16 Å². The zero-order valence-corrected chi connectivity index (χ0v) is 19.0. The predicted molar refractivity (Wildman–Crippen MR) is 130 cm³/mol. The van der Waals surface area contributed by atoms with E-state index in [2.05, 4.69) is 10.5 Å². The Morgan fingerprint density at radius 2 is 1.60 bits per heavy atom. The highest BCUT2D eigenvalue weighted by molar-refractivity contribution is 5.91. The molecule has 4 rings (SSSR count). The molecule has 0 aliphatic rings. The molecule has 1 aromatic heterocycles. The van der Waals surface area contributed by atoms with Crippen molar-refractivity contribution in [3.05, 3.63) is 89.6 Å². The van der Waals surface area contributed by atoms with Gasteiger partial charge in [0.25, 0.3) is 0 Å². The fraction of sp³-hybridized carbons (Fsp3) is 0.148. The Morgan fingerprint density at radius 3 is 2.26 bits per heavy atom. The lowest BCUT2D eigenvalue weighted by Gasteiger charge is -2.08. The fourth-order valence-corrected chi connectivity index (χ4v) is 3.63. The molecule has 0 aliphatic carbocycles. The average Bonchev–Trinajstić information content (AvgIpc) is 3.19. The second-order valence-electron chi connectivity index (χ2n) is 8.00. The van der Waals surface area contributed by atoms with E-state index >= 15 is 0 Å². The van der Waals surface area contributed by atoms with Gasteiger partial charge in [-0.1, -0.05) is 65.8 Å². The second-order valence-corrected chi connectivity index (χ2v) is 8.00. The largest absolute Gasteiger partial charge is 0.508 e. The normalized spacial score (nSPS) is 10.7. The van der Waals surface area contributed by atoms with Crippen molar-refractivity contribution in [3.63, 3.8) is 0 Å². The summed E-state index contributed by atoms with van der Waals surface area (Å²) in [5.74, 6) is -0.289. The first-order valence-corrected chi connectivity index (χ1v) is 11.0. The number of hydrogen-bond donors (Lipinski definition) is 3. The van der Waals surface area contributed by atoms with Gasteiger partial charge < -0.3 is 19.5 Å². The molecular formula is C27H24N2O6. The molecule has 1 amide bonds. The van der Waals surface area contributed by atoms with Crippen LogP contribution in [0.25, 0.3) is 22.5 Å². The molecule has 0 radical (unpaired) electrons. The van der Waals surface area contributed by atoms with E-state index in [1.165, 1.54) is 0 Å². The van der Waals surface area contributed by atoms with Gasteiger partial charge in [0.1, 0.15) is 17.1 Å². The number of aliphatic carboxylic acids is 1. The third-order valence-corrected chi connectivity index (χ3v) is 5.41. The van der Waals surface area contributed by atoms with Gasteiger partial charge in [-0.3, -0.25) is 10.1 Å². The highest BCUT2D eigenvalue weighted by Crippen LogP contribution is 2.32. The summed E-state index contributed by atoms with van der Waals surface area (Å²) in [6, 6.07) is 21.7. The summed E-state index contributed by atoms with van der Waals surface area (Å²) in [5.41, 5.74) is 5.17. The SMILES string of the molecule is Cc1noc(-c2ccc(-c3ccc(CC(=O)O)cc3)cc2)c1NC(=O)OCCc1cccc(O)c1. The third kappa shape index (κ3) is 6.05. The van der Waals surface area contributed by atoms with Gasteiger partial charge in [0.15, 0.2) is 5.76 Å². The van der Waals surface area contributed by atoms with E-state index in [1.807, 2.05) is 42.5 Å². The number of hydrogen-bond acceptors (Lipinski definition) is 6. The van der Waals surface area contributed by atoms with Crippen LogP contribution >= 0.6 is 0 Å². The molecule has 8 nitrogen and oxygen atoms in total. The van der Waals surface area contributed by atoms with Crippen LogP contribution in [0.1, 0.15) is 16.8 Å². The summed E-state index contributed by atoms with van der Waals surface area (Å²) in [7, 11) is 0. The summed E-state index contributed by atoms with van der Waals surface area (Å²) in [5, 5.41) is 25.1. The second kappa shape index (κ2) is 10.6. The molecule has 0 spiro atoms. The number of benzene rings is 3. The van der Waals surface area contributed by atoms with Crippen molar-refractivity contribution < 1.29 is 29.1 Å². The Hall–Kier alpha value is -4.59. The number of carbonyl (C=O) groups is 2. The van der Waals surface area contributed by atoms with Crippen LogP contribution in [0.5, 0.6) is 5.75 Å². The van der Waals surface area contributed by atoms with Gasteiger partial charge in [0.2, 0.25) is 0 Å².